The van der Waals surface area contributed by atoms with Gasteiger partial charge in [-0.2, -0.15) is 4.98 Å². The van der Waals surface area contributed by atoms with Crippen LogP contribution in [0.15, 0.2) is 16.9 Å². The molecular formula is C18H25N5O2. The molecular weight excluding hydrogens is 318 g/mol. The minimum absolute atomic E-state index is 0.463. The summed E-state index contributed by atoms with van der Waals surface area (Å²) in [5.41, 5.74) is 1.16. The predicted octanol–water partition coefficient (Wildman–Crippen LogP) is 2.34. The van der Waals surface area contributed by atoms with Crippen molar-refractivity contribution in [2.45, 2.75) is 51.2 Å². The molecule has 0 bridgehead atoms. The number of likely N-dealkylation sites (tertiary alicyclic amines) is 1. The molecule has 3 heterocycles. The van der Waals surface area contributed by atoms with Crippen LogP contribution in [0.3, 0.4) is 0 Å². The maximum absolute atomic E-state index is 5.36. The van der Waals surface area contributed by atoms with E-state index in [4.69, 9.17) is 9.26 Å². The van der Waals surface area contributed by atoms with Gasteiger partial charge in [0, 0.05) is 44.0 Å². The van der Waals surface area contributed by atoms with Gasteiger partial charge in [0.05, 0.1) is 0 Å². The van der Waals surface area contributed by atoms with E-state index in [1.807, 2.05) is 12.4 Å². The van der Waals surface area contributed by atoms with Crippen molar-refractivity contribution in [1.29, 1.82) is 0 Å². The summed E-state index contributed by atoms with van der Waals surface area (Å²) in [7, 11) is 1.66. The summed E-state index contributed by atoms with van der Waals surface area (Å²) in [6, 6.07) is 0. The standard InChI is InChI=1S/C18H25N5O2/c1-24-12-17-19-9-14(10-20-17)11-23-6-4-13(5-7-23)8-16-21-18(25-22-16)15-2-3-15/h9-10,13,15H,2-8,11-12H2,1H3. The van der Waals surface area contributed by atoms with Crippen LogP contribution < -0.4 is 0 Å². The highest BCUT2D eigenvalue weighted by Crippen LogP contribution is 2.39. The SMILES string of the molecule is COCc1ncc(CN2CCC(Cc3noc(C4CC4)n3)CC2)cn1. The van der Waals surface area contributed by atoms with Gasteiger partial charge in [0.2, 0.25) is 5.89 Å². The molecule has 1 saturated heterocycles. The topological polar surface area (TPSA) is 77.2 Å². The average Bonchev–Trinajstić information content (AvgIpc) is 3.38. The number of methoxy groups -OCH3 is 1. The third-order valence-corrected chi connectivity index (χ3v) is 5.03. The molecule has 7 nitrogen and oxygen atoms in total. The smallest absolute Gasteiger partial charge is 0.229 e. The Morgan fingerprint density at radius 1 is 1.12 bits per heavy atom. The van der Waals surface area contributed by atoms with Crippen molar-refractivity contribution in [3.05, 3.63) is 35.5 Å². The maximum atomic E-state index is 5.36. The fourth-order valence-electron chi connectivity index (χ4n) is 3.38. The summed E-state index contributed by atoms with van der Waals surface area (Å²) in [6.07, 6.45) is 9.52. The minimum Gasteiger partial charge on any atom is -0.377 e. The number of aromatic nitrogens is 4. The van der Waals surface area contributed by atoms with Gasteiger partial charge in [-0.05, 0) is 44.7 Å². The molecule has 2 aliphatic rings. The van der Waals surface area contributed by atoms with Gasteiger partial charge in [0.25, 0.3) is 0 Å². The Hall–Kier alpha value is -1.86. The molecule has 0 aromatic carbocycles. The lowest BCUT2D eigenvalue weighted by Gasteiger charge is -2.31. The Morgan fingerprint density at radius 3 is 2.56 bits per heavy atom. The zero-order valence-electron chi connectivity index (χ0n) is 14.7. The molecule has 1 saturated carbocycles. The Kier molecular flexibility index (Phi) is 5.03. The summed E-state index contributed by atoms with van der Waals surface area (Å²) in [4.78, 5) is 15.7. The van der Waals surface area contributed by atoms with Crippen molar-refractivity contribution in [3.8, 4) is 0 Å². The number of rotatable bonds is 7. The van der Waals surface area contributed by atoms with E-state index in [0.29, 0.717) is 18.4 Å². The zero-order chi connectivity index (χ0) is 17.1. The number of ether oxygens (including phenoxy) is 1. The molecule has 0 spiro atoms. The number of hydrogen-bond donors (Lipinski definition) is 0. The fourth-order valence-corrected chi connectivity index (χ4v) is 3.38. The highest BCUT2D eigenvalue weighted by atomic mass is 16.5. The van der Waals surface area contributed by atoms with E-state index in [0.717, 1.165) is 49.2 Å². The Balaban J connectivity index is 1.23. The molecule has 2 fully saturated rings. The van der Waals surface area contributed by atoms with Crippen LogP contribution in [0.1, 0.15) is 54.7 Å². The molecule has 7 heteroatoms. The molecule has 0 amide bonds. The zero-order valence-corrected chi connectivity index (χ0v) is 14.7. The van der Waals surface area contributed by atoms with Gasteiger partial charge in [-0.25, -0.2) is 9.97 Å². The largest absolute Gasteiger partial charge is 0.377 e. The van der Waals surface area contributed by atoms with Crippen LogP contribution in [0.5, 0.6) is 0 Å². The van der Waals surface area contributed by atoms with Gasteiger partial charge >= 0.3 is 0 Å². The summed E-state index contributed by atoms with van der Waals surface area (Å²) in [5.74, 6) is 3.67. The van der Waals surface area contributed by atoms with Gasteiger partial charge in [-0.15, -0.1) is 0 Å². The molecule has 2 aromatic rings. The Morgan fingerprint density at radius 2 is 1.88 bits per heavy atom. The molecule has 2 aromatic heterocycles. The monoisotopic (exact) mass is 343 g/mol. The first kappa shape index (κ1) is 16.6. The summed E-state index contributed by atoms with van der Waals surface area (Å²) in [5, 5.41) is 4.16. The number of piperidine rings is 1. The van der Waals surface area contributed by atoms with Gasteiger partial charge in [-0.1, -0.05) is 5.16 Å². The molecule has 134 valence electrons. The highest BCUT2D eigenvalue weighted by Gasteiger charge is 2.30. The Bertz CT molecular complexity index is 675. The molecule has 0 radical (unpaired) electrons. The first-order valence-corrected chi connectivity index (χ1v) is 9.13. The van der Waals surface area contributed by atoms with Crippen molar-refractivity contribution in [2.24, 2.45) is 5.92 Å². The van der Waals surface area contributed by atoms with Crippen LogP contribution in [0.4, 0.5) is 0 Å². The van der Waals surface area contributed by atoms with Gasteiger partial charge in [0.15, 0.2) is 11.6 Å². The predicted molar refractivity (Wildman–Crippen MR) is 90.7 cm³/mol. The van der Waals surface area contributed by atoms with Crippen molar-refractivity contribution < 1.29 is 9.26 Å². The summed E-state index contributed by atoms with van der Waals surface area (Å²) < 4.78 is 10.4. The van der Waals surface area contributed by atoms with E-state index >= 15 is 0 Å². The molecule has 0 unspecified atom stereocenters. The van der Waals surface area contributed by atoms with Crippen LogP contribution in [-0.4, -0.2) is 45.2 Å². The first-order valence-electron chi connectivity index (χ1n) is 9.13. The molecule has 0 atom stereocenters. The second-order valence-corrected chi connectivity index (χ2v) is 7.19. The number of nitrogens with zero attached hydrogens (tertiary/aromatic N) is 5. The van der Waals surface area contributed by atoms with E-state index in [1.165, 1.54) is 25.7 Å². The van der Waals surface area contributed by atoms with Crippen LogP contribution in [0, 0.1) is 5.92 Å². The van der Waals surface area contributed by atoms with Crippen LogP contribution in [0.2, 0.25) is 0 Å². The lowest BCUT2D eigenvalue weighted by Crippen LogP contribution is -2.34. The van der Waals surface area contributed by atoms with E-state index in [-0.39, 0.29) is 0 Å². The third-order valence-electron chi connectivity index (χ3n) is 5.03. The van der Waals surface area contributed by atoms with Crippen molar-refractivity contribution in [3.63, 3.8) is 0 Å². The lowest BCUT2D eigenvalue weighted by molar-refractivity contribution is 0.173. The Labute approximate surface area is 147 Å². The van der Waals surface area contributed by atoms with Gasteiger partial charge < -0.3 is 9.26 Å². The van der Waals surface area contributed by atoms with Gasteiger partial charge in [0.1, 0.15) is 6.61 Å². The molecule has 1 aliphatic carbocycles. The second-order valence-electron chi connectivity index (χ2n) is 7.19. The van der Waals surface area contributed by atoms with Crippen molar-refractivity contribution >= 4 is 0 Å². The first-order chi connectivity index (χ1) is 12.3. The quantitative estimate of drug-likeness (QED) is 0.763. The third kappa shape index (κ3) is 4.41. The van der Waals surface area contributed by atoms with Crippen molar-refractivity contribution in [1.82, 2.24) is 25.0 Å². The molecule has 4 rings (SSSR count). The minimum atomic E-state index is 0.463. The van der Waals surface area contributed by atoms with E-state index in [1.54, 1.807) is 7.11 Å². The average molecular weight is 343 g/mol. The lowest BCUT2D eigenvalue weighted by atomic mass is 9.93. The second kappa shape index (κ2) is 7.58. The van der Waals surface area contributed by atoms with E-state index < -0.39 is 0 Å². The normalized spacial score (nSPS) is 19.4. The van der Waals surface area contributed by atoms with Crippen LogP contribution in [-0.2, 0) is 24.3 Å². The highest BCUT2D eigenvalue weighted by molar-refractivity contribution is 5.05. The van der Waals surface area contributed by atoms with Crippen LogP contribution in [0.25, 0.3) is 0 Å². The maximum Gasteiger partial charge on any atom is 0.229 e. The molecule has 0 N–H and O–H groups in total. The van der Waals surface area contributed by atoms with E-state index in [9.17, 15) is 0 Å². The molecule has 1 aliphatic heterocycles. The summed E-state index contributed by atoms with van der Waals surface area (Å²) in [6.45, 7) is 3.56. The van der Waals surface area contributed by atoms with Crippen molar-refractivity contribution in [2.75, 3.05) is 20.2 Å². The van der Waals surface area contributed by atoms with E-state index in [2.05, 4.69) is 25.0 Å². The van der Waals surface area contributed by atoms with Gasteiger partial charge in [-0.3, -0.25) is 4.90 Å². The summed E-state index contributed by atoms with van der Waals surface area (Å²) >= 11 is 0. The molecule has 25 heavy (non-hydrogen) atoms. The number of hydrogen-bond acceptors (Lipinski definition) is 7. The van der Waals surface area contributed by atoms with Crippen LogP contribution >= 0.6 is 0 Å². The fraction of sp³-hybridized carbons (Fsp3) is 0.667.